The van der Waals surface area contributed by atoms with E-state index in [2.05, 4.69) is 15.2 Å². The number of aromatic nitrogens is 1. The van der Waals surface area contributed by atoms with Crippen molar-refractivity contribution in [2.45, 2.75) is 25.4 Å². The predicted octanol–water partition coefficient (Wildman–Crippen LogP) is 3.05. The molecule has 26 heavy (non-hydrogen) atoms. The third-order valence-electron chi connectivity index (χ3n) is 4.85. The SMILES string of the molecule is CC(C)(C(=O)NC(c1ccc(Cl)cc1)c1cccnc1)N1CCOCC1. The molecule has 2 heterocycles. The number of benzene rings is 1. The van der Waals surface area contributed by atoms with Crippen LogP contribution >= 0.6 is 11.6 Å². The summed E-state index contributed by atoms with van der Waals surface area (Å²) in [5.41, 5.74) is 1.27. The molecule has 0 spiro atoms. The van der Waals surface area contributed by atoms with E-state index < -0.39 is 5.54 Å². The average molecular weight is 374 g/mol. The second-order valence-corrected chi connectivity index (χ2v) is 7.34. The largest absolute Gasteiger partial charge is 0.379 e. The summed E-state index contributed by atoms with van der Waals surface area (Å²) in [4.78, 5) is 19.5. The summed E-state index contributed by atoms with van der Waals surface area (Å²) in [6.07, 6.45) is 3.50. The number of halogens is 1. The number of pyridine rings is 1. The molecular weight excluding hydrogens is 350 g/mol. The molecule has 1 N–H and O–H groups in total. The lowest BCUT2D eigenvalue weighted by Crippen LogP contribution is -2.58. The van der Waals surface area contributed by atoms with Gasteiger partial charge < -0.3 is 10.1 Å². The Hall–Kier alpha value is -1.95. The minimum Gasteiger partial charge on any atom is -0.379 e. The van der Waals surface area contributed by atoms with Crippen molar-refractivity contribution >= 4 is 17.5 Å². The van der Waals surface area contributed by atoms with Crippen LogP contribution in [0.4, 0.5) is 0 Å². The number of nitrogens with one attached hydrogen (secondary N) is 1. The van der Waals surface area contributed by atoms with E-state index in [0.717, 1.165) is 24.2 Å². The van der Waals surface area contributed by atoms with E-state index in [0.29, 0.717) is 18.2 Å². The van der Waals surface area contributed by atoms with Gasteiger partial charge in [0.15, 0.2) is 0 Å². The summed E-state index contributed by atoms with van der Waals surface area (Å²) in [5, 5.41) is 3.87. The molecule has 0 aliphatic carbocycles. The Morgan fingerprint density at radius 2 is 1.88 bits per heavy atom. The summed E-state index contributed by atoms with van der Waals surface area (Å²) in [7, 11) is 0. The van der Waals surface area contributed by atoms with Crippen LogP contribution in [-0.4, -0.2) is 47.6 Å². The van der Waals surface area contributed by atoms with Gasteiger partial charge in [0.1, 0.15) is 0 Å². The number of rotatable bonds is 5. The lowest BCUT2D eigenvalue weighted by Gasteiger charge is -2.40. The lowest BCUT2D eigenvalue weighted by molar-refractivity contribution is -0.135. The van der Waals surface area contributed by atoms with E-state index in [1.807, 2.05) is 50.2 Å². The fraction of sp³-hybridized carbons (Fsp3) is 0.400. The molecule has 1 aromatic carbocycles. The van der Waals surface area contributed by atoms with E-state index in [9.17, 15) is 4.79 Å². The smallest absolute Gasteiger partial charge is 0.240 e. The Labute approximate surface area is 159 Å². The molecule has 5 nitrogen and oxygen atoms in total. The Balaban J connectivity index is 1.85. The highest BCUT2D eigenvalue weighted by Crippen LogP contribution is 2.25. The van der Waals surface area contributed by atoms with E-state index in [-0.39, 0.29) is 11.9 Å². The van der Waals surface area contributed by atoms with Gasteiger partial charge >= 0.3 is 0 Å². The third-order valence-corrected chi connectivity index (χ3v) is 5.11. The van der Waals surface area contributed by atoms with Crippen molar-refractivity contribution in [1.82, 2.24) is 15.2 Å². The summed E-state index contributed by atoms with van der Waals surface area (Å²) in [5.74, 6) is -0.0248. The Morgan fingerprint density at radius 3 is 2.50 bits per heavy atom. The highest BCUT2D eigenvalue weighted by atomic mass is 35.5. The van der Waals surface area contributed by atoms with Crippen LogP contribution in [0.3, 0.4) is 0 Å². The molecule has 0 bridgehead atoms. The van der Waals surface area contributed by atoms with Gasteiger partial charge in [-0.25, -0.2) is 0 Å². The van der Waals surface area contributed by atoms with Gasteiger partial charge in [0.25, 0.3) is 0 Å². The fourth-order valence-electron chi connectivity index (χ4n) is 3.13. The molecule has 138 valence electrons. The first-order valence-electron chi connectivity index (χ1n) is 8.77. The molecule has 1 saturated heterocycles. The van der Waals surface area contributed by atoms with Gasteiger partial charge in [-0.3, -0.25) is 14.7 Å². The Kier molecular flexibility index (Phi) is 5.91. The fourth-order valence-corrected chi connectivity index (χ4v) is 3.26. The quantitative estimate of drug-likeness (QED) is 0.875. The van der Waals surface area contributed by atoms with Crippen molar-refractivity contribution in [3.63, 3.8) is 0 Å². The summed E-state index contributed by atoms with van der Waals surface area (Å²) in [6.45, 7) is 6.71. The average Bonchev–Trinajstić information content (AvgIpc) is 2.68. The second-order valence-electron chi connectivity index (χ2n) is 6.90. The molecule has 0 radical (unpaired) electrons. The number of carbonyl (C=O) groups excluding carboxylic acids is 1. The standard InChI is InChI=1S/C20H24ClN3O2/c1-20(2,24-10-12-26-13-11-24)19(25)23-18(16-4-3-9-22-14-16)15-5-7-17(21)8-6-15/h3-9,14,18H,10-13H2,1-2H3,(H,23,25). The first-order chi connectivity index (χ1) is 12.5. The molecular formula is C20H24ClN3O2. The van der Waals surface area contributed by atoms with E-state index in [1.165, 1.54) is 0 Å². The molecule has 1 unspecified atom stereocenters. The van der Waals surface area contributed by atoms with Crippen molar-refractivity contribution < 1.29 is 9.53 Å². The van der Waals surface area contributed by atoms with Crippen molar-refractivity contribution in [2.24, 2.45) is 0 Å². The van der Waals surface area contributed by atoms with Crippen LogP contribution in [-0.2, 0) is 9.53 Å². The van der Waals surface area contributed by atoms with Gasteiger partial charge in [0, 0.05) is 30.5 Å². The molecule has 1 fully saturated rings. The van der Waals surface area contributed by atoms with Gasteiger partial charge in [-0.05, 0) is 43.2 Å². The van der Waals surface area contributed by atoms with E-state index >= 15 is 0 Å². The van der Waals surface area contributed by atoms with Crippen LogP contribution in [0, 0.1) is 0 Å². The highest BCUT2D eigenvalue weighted by molar-refractivity contribution is 6.30. The molecule has 2 aromatic rings. The minimum atomic E-state index is -0.628. The van der Waals surface area contributed by atoms with Gasteiger partial charge in [-0.2, -0.15) is 0 Å². The maximum Gasteiger partial charge on any atom is 0.240 e. The zero-order valence-corrected chi connectivity index (χ0v) is 15.9. The van der Waals surface area contributed by atoms with Crippen LogP contribution in [0.1, 0.15) is 31.0 Å². The maximum atomic E-state index is 13.1. The number of hydrogen-bond acceptors (Lipinski definition) is 4. The number of morpholine rings is 1. The van der Waals surface area contributed by atoms with Crippen molar-refractivity contribution in [3.05, 3.63) is 64.9 Å². The van der Waals surface area contributed by atoms with Crippen LogP contribution in [0.25, 0.3) is 0 Å². The monoisotopic (exact) mass is 373 g/mol. The number of amides is 1. The van der Waals surface area contributed by atoms with Crippen LogP contribution in [0.2, 0.25) is 5.02 Å². The summed E-state index contributed by atoms with van der Waals surface area (Å²) >= 11 is 6.02. The van der Waals surface area contributed by atoms with Gasteiger partial charge in [0.2, 0.25) is 5.91 Å². The second kappa shape index (κ2) is 8.16. The van der Waals surface area contributed by atoms with Gasteiger partial charge in [-0.15, -0.1) is 0 Å². The zero-order valence-electron chi connectivity index (χ0n) is 15.1. The van der Waals surface area contributed by atoms with Crippen molar-refractivity contribution in [1.29, 1.82) is 0 Å². The minimum absolute atomic E-state index is 0.0248. The zero-order chi connectivity index (χ0) is 18.6. The molecule has 6 heteroatoms. The topological polar surface area (TPSA) is 54.5 Å². The van der Waals surface area contributed by atoms with Crippen molar-refractivity contribution in [2.75, 3.05) is 26.3 Å². The normalized spacial score (nSPS) is 16.9. The first kappa shape index (κ1) is 18.8. The molecule has 1 atom stereocenters. The molecule has 1 aliphatic rings. The van der Waals surface area contributed by atoms with Crippen LogP contribution in [0.15, 0.2) is 48.8 Å². The maximum absolute atomic E-state index is 13.1. The number of carbonyl (C=O) groups is 1. The van der Waals surface area contributed by atoms with Gasteiger partial charge in [-0.1, -0.05) is 29.8 Å². The van der Waals surface area contributed by atoms with Gasteiger partial charge in [0.05, 0.1) is 24.8 Å². The number of hydrogen-bond donors (Lipinski definition) is 1. The van der Waals surface area contributed by atoms with Crippen LogP contribution in [0.5, 0.6) is 0 Å². The lowest BCUT2D eigenvalue weighted by atomic mass is 9.96. The predicted molar refractivity (Wildman–Crippen MR) is 102 cm³/mol. The summed E-state index contributed by atoms with van der Waals surface area (Å²) < 4.78 is 5.41. The van der Waals surface area contributed by atoms with Crippen LogP contribution < -0.4 is 5.32 Å². The molecule has 0 saturated carbocycles. The van der Waals surface area contributed by atoms with E-state index in [1.54, 1.807) is 12.4 Å². The molecule has 1 aromatic heterocycles. The summed E-state index contributed by atoms with van der Waals surface area (Å²) in [6, 6.07) is 11.1. The van der Waals surface area contributed by atoms with E-state index in [4.69, 9.17) is 16.3 Å². The Morgan fingerprint density at radius 1 is 1.19 bits per heavy atom. The number of nitrogens with zero attached hydrogens (tertiary/aromatic N) is 2. The Bertz CT molecular complexity index is 728. The molecule has 1 aliphatic heterocycles. The number of ether oxygens (including phenoxy) is 1. The molecule has 1 amide bonds. The highest BCUT2D eigenvalue weighted by Gasteiger charge is 2.36. The first-order valence-corrected chi connectivity index (χ1v) is 9.15. The molecule has 3 rings (SSSR count). The van der Waals surface area contributed by atoms with Crippen molar-refractivity contribution in [3.8, 4) is 0 Å². The third kappa shape index (κ3) is 4.23.